The first kappa shape index (κ1) is 17.0. The van der Waals surface area contributed by atoms with Gasteiger partial charge in [-0.15, -0.1) is 0 Å². The Hall–Kier alpha value is -3.49. The van der Waals surface area contributed by atoms with Crippen molar-refractivity contribution in [1.82, 2.24) is 0 Å². The zero-order valence-corrected chi connectivity index (χ0v) is 14.6. The molecule has 1 unspecified atom stereocenters. The zero-order valence-electron chi connectivity index (χ0n) is 14.6. The van der Waals surface area contributed by atoms with Crippen molar-refractivity contribution in [3.63, 3.8) is 0 Å². The van der Waals surface area contributed by atoms with E-state index in [0.717, 1.165) is 30.3 Å². The van der Waals surface area contributed by atoms with Crippen LogP contribution in [0, 0.1) is 20.2 Å². The van der Waals surface area contributed by atoms with Gasteiger partial charge in [0.15, 0.2) is 0 Å². The Balaban J connectivity index is 1.70. The molecule has 0 saturated heterocycles. The Kier molecular flexibility index (Phi) is 3.98. The van der Waals surface area contributed by atoms with Gasteiger partial charge in [-0.25, -0.2) is 0 Å². The van der Waals surface area contributed by atoms with Gasteiger partial charge in [0.2, 0.25) is 0 Å². The Labute approximate surface area is 154 Å². The molecule has 0 fully saturated rings. The van der Waals surface area contributed by atoms with Crippen molar-refractivity contribution in [2.75, 3.05) is 16.9 Å². The third kappa shape index (κ3) is 2.86. The number of para-hydroxylation sites is 1. The second kappa shape index (κ2) is 6.35. The van der Waals surface area contributed by atoms with Crippen LogP contribution in [0.1, 0.15) is 24.5 Å². The predicted octanol–water partition coefficient (Wildman–Crippen LogP) is 3.47. The van der Waals surface area contributed by atoms with Gasteiger partial charge >= 0.3 is 5.69 Å². The molecule has 9 heteroatoms. The monoisotopic (exact) mass is 367 g/mol. The van der Waals surface area contributed by atoms with Crippen LogP contribution < -0.4 is 10.3 Å². The lowest BCUT2D eigenvalue weighted by atomic mass is 9.94. The van der Waals surface area contributed by atoms with Crippen LogP contribution in [0.25, 0.3) is 0 Å². The van der Waals surface area contributed by atoms with Gasteiger partial charge in [-0.3, -0.25) is 25.7 Å². The van der Waals surface area contributed by atoms with Crippen LogP contribution >= 0.6 is 0 Å². The van der Waals surface area contributed by atoms with Crippen molar-refractivity contribution in [2.24, 2.45) is 5.10 Å². The number of anilines is 2. The average molecular weight is 367 g/mol. The molecule has 2 aromatic carbocycles. The smallest absolute Gasteiger partial charge is 0.301 e. The molecule has 2 heterocycles. The van der Waals surface area contributed by atoms with Crippen molar-refractivity contribution in [2.45, 2.75) is 25.8 Å². The normalized spacial score (nSPS) is 19.1. The molecular weight excluding hydrogens is 350 g/mol. The minimum absolute atomic E-state index is 0.126. The Bertz CT molecular complexity index is 988. The van der Waals surface area contributed by atoms with Crippen molar-refractivity contribution in [3.05, 3.63) is 67.8 Å². The van der Waals surface area contributed by atoms with E-state index in [2.05, 4.69) is 28.4 Å². The fourth-order valence-electron chi connectivity index (χ4n) is 3.77. The average Bonchev–Trinajstić information content (AvgIpc) is 3.09. The van der Waals surface area contributed by atoms with Gasteiger partial charge in [-0.1, -0.05) is 18.2 Å². The lowest BCUT2D eigenvalue weighted by Crippen LogP contribution is -2.38. The third-order valence-electron chi connectivity index (χ3n) is 5.06. The summed E-state index contributed by atoms with van der Waals surface area (Å²) in [6, 6.07) is 9.88. The molecule has 0 aromatic heterocycles. The summed E-state index contributed by atoms with van der Waals surface area (Å²) >= 11 is 0. The minimum atomic E-state index is -0.659. The summed E-state index contributed by atoms with van der Waals surface area (Å²) in [5.41, 5.74) is 6.50. The van der Waals surface area contributed by atoms with Crippen molar-refractivity contribution < 1.29 is 9.85 Å². The maximum atomic E-state index is 11.3. The Morgan fingerprint density at radius 3 is 2.74 bits per heavy atom. The van der Waals surface area contributed by atoms with E-state index in [0.29, 0.717) is 6.42 Å². The van der Waals surface area contributed by atoms with Gasteiger partial charge in [0, 0.05) is 36.3 Å². The van der Waals surface area contributed by atoms with Crippen LogP contribution in [0.4, 0.5) is 22.7 Å². The summed E-state index contributed by atoms with van der Waals surface area (Å²) in [5.74, 6) is 0. The second-order valence-corrected chi connectivity index (χ2v) is 6.70. The molecule has 0 radical (unpaired) electrons. The number of non-ortho nitro benzene ring substituents is 1. The number of nitro benzene ring substituents is 2. The standard InChI is InChI=1S/C18H17N5O4/c1-11-9-16(14-4-2-3-12-7-8-21(11)18(12)14)20-19-15-6-5-13(22(24)25)10-17(15)23(26)27/h2-6,10-11,19H,7-9H2,1H3/b20-16+. The summed E-state index contributed by atoms with van der Waals surface area (Å²) in [7, 11) is 0. The van der Waals surface area contributed by atoms with E-state index in [9.17, 15) is 20.2 Å². The van der Waals surface area contributed by atoms with E-state index in [1.807, 2.05) is 12.1 Å². The van der Waals surface area contributed by atoms with Crippen LogP contribution in [0.2, 0.25) is 0 Å². The molecule has 2 aromatic rings. The molecule has 9 nitrogen and oxygen atoms in total. The highest BCUT2D eigenvalue weighted by Gasteiger charge is 2.33. The Morgan fingerprint density at radius 2 is 2.00 bits per heavy atom. The largest absolute Gasteiger partial charge is 0.367 e. The number of rotatable bonds is 4. The molecule has 2 aliphatic heterocycles. The van der Waals surface area contributed by atoms with Gasteiger partial charge in [0.1, 0.15) is 5.69 Å². The fourth-order valence-corrected chi connectivity index (χ4v) is 3.77. The zero-order chi connectivity index (χ0) is 19.1. The van der Waals surface area contributed by atoms with Crippen LogP contribution in [-0.4, -0.2) is 28.1 Å². The molecule has 0 aliphatic carbocycles. The molecule has 0 bridgehead atoms. The molecule has 2 aliphatic rings. The van der Waals surface area contributed by atoms with Crippen LogP contribution in [0.15, 0.2) is 41.5 Å². The summed E-state index contributed by atoms with van der Waals surface area (Å²) in [5, 5.41) is 26.6. The van der Waals surface area contributed by atoms with E-state index in [1.165, 1.54) is 23.4 Å². The predicted molar refractivity (Wildman–Crippen MR) is 101 cm³/mol. The molecule has 1 atom stereocenters. The van der Waals surface area contributed by atoms with Gasteiger partial charge in [0.05, 0.1) is 21.6 Å². The summed E-state index contributed by atoms with van der Waals surface area (Å²) in [6.45, 7) is 3.12. The topological polar surface area (TPSA) is 114 Å². The van der Waals surface area contributed by atoms with Gasteiger partial charge in [-0.2, -0.15) is 5.10 Å². The number of nitro groups is 2. The quantitative estimate of drug-likeness (QED) is 0.654. The van der Waals surface area contributed by atoms with Crippen LogP contribution in [0.3, 0.4) is 0 Å². The van der Waals surface area contributed by atoms with E-state index in [4.69, 9.17) is 0 Å². The minimum Gasteiger partial charge on any atom is -0.367 e. The molecule has 138 valence electrons. The van der Waals surface area contributed by atoms with E-state index in [-0.39, 0.29) is 23.1 Å². The number of benzene rings is 2. The highest BCUT2D eigenvalue weighted by Crippen LogP contribution is 2.39. The SMILES string of the molecule is CC1C/C(=N\Nc2ccc([N+](=O)[O-])cc2[N+](=O)[O-])c2cccc3c2N1CC3. The first-order chi connectivity index (χ1) is 13.0. The molecular formula is C18H17N5O4. The number of nitrogens with zero attached hydrogens (tertiary/aromatic N) is 4. The van der Waals surface area contributed by atoms with Gasteiger partial charge in [0.25, 0.3) is 5.69 Å². The summed E-state index contributed by atoms with van der Waals surface area (Å²) < 4.78 is 0. The number of hydrazone groups is 1. The van der Waals surface area contributed by atoms with Crippen molar-refractivity contribution in [3.8, 4) is 0 Å². The molecule has 0 amide bonds. The van der Waals surface area contributed by atoms with Gasteiger partial charge < -0.3 is 4.90 Å². The fraction of sp³-hybridized carbons (Fsp3) is 0.278. The number of nitrogens with one attached hydrogen (secondary N) is 1. The second-order valence-electron chi connectivity index (χ2n) is 6.70. The van der Waals surface area contributed by atoms with Crippen molar-refractivity contribution in [1.29, 1.82) is 0 Å². The van der Waals surface area contributed by atoms with Crippen LogP contribution in [-0.2, 0) is 6.42 Å². The number of hydrogen-bond donors (Lipinski definition) is 1. The van der Waals surface area contributed by atoms with Crippen molar-refractivity contribution >= 4 is 28.5 Å². The molecule has 1 N–H and O–H groups in total. The lowest BCUT2D eigenvalue weighted by Gasteiger charge is -2.34. The Morgan fingerprint density at radius 1 is 1.19 bits per heavy atom. The molecule has 0 spiro atoms. The summed E-state index contributed by atoms with van der Waals surface area (Å²) in [6.07, 6.45) is 1.71. The van der Waals surface area contributed by atoms with E-state index < -0.39 is 9.85 Å². The first-order valence-electron chi connectivity index (χ1n) is 8.60. The maximum Gasteiger partial charge on any atom is 0.301 e. The first-order valence-corrected chi connectivity index (χ1v) is 8.60. The third-order valence-corrected chi connectivity index (χ3v) is 5.06. The molecule has 27 heavy (non-hydrogen) atoms. The van der Waals surface area contributed by atoms with E-state index >= 15 is 0 Å². The molecule has 0 saturated carbocycles. The lowest BCUT2D eigenvalue weighted by molar-refractivity contribution is -0.393. The highest BCUT2D eigenvalue weighted by atomic mass is 16.6. The van der Waals surface area contributed by atoms with Crippen LogP contribution in [0.5, 0.6) is 0 Å². The van der Waals surface area contributed by atoms with E-state index in [1.54, 1.807) is 0 Å². The van der Waals surface area contributed by atoms with Gasteiger partial charge in [-0.05, 0) is 25.0 Å². The number of hydrogen-bond acceptors (Lipinski definition) is 7. The molecule has 4 rings (SSSR count). The highest BCUT2D eigenvalue weighted by molar-refractivity contribution is 6.08. The summed E-state index contributed by atoms with van der Waals surface area (Å²) in [4.78, 5) is 23.2. The maximum absolute atomic E-state index is 11.3.